The second kappa shape index (κ2) is 4.93. The number of nitrogens with two attached hydrogens (primary N) is 1. The summed E-state index contributed by atoms with van der Waals surface area (Å²) >= 11 is 4.76. The van der Waals surface area contributed by atoms with Crippen LogP contribution in [0.15, 0.2) is 29.4 Å². The maximum Gasteiger partial charge on any atom is 0.268 e. The lowest BCUT2D eigenvalue weighted by atomic mass is 10.0. The van der Waals surface area contributed by atoms with Gasteiger partial charge in [-0.05, 0) is 18.3 Å². The second-order valence-corrected chi connectivity index (χ2v) is 4.90. The van der Waals surface area contributed by atoms with Crippen molar-refractivity contribution in [1.29, 1.82) is 0 Å². The normalized spacial score (nSPS) is 16.6. The van der Waals surface area contributed by atoms with E-state index in [0.717, 1.165) is 22.2 Å². The number of nitrogens with one attached hydrogen (secondary N) is 3. The van der Waals surface area contributed by atoms with Gasteiger partial charge < -0.3 is 16.0 Å². The number of hydrogen-bond acceptors (Lipinski definition) is 3. The van der Waals surface area contributed by atoms with E-state index in [2.05, 4.69) is 20.8 Å². The molecule has 0 unspecified atom stereocenters. The summed E-state index contributed by atoms with van der Waals surface area (Å²) in [5, 5.41) is 8.13. The lowest BCUT2D eigenvalue weighted by molar-refractivity contribution is 0.0952. The van der Waals surface area contributed by atoms with Crippen LogP contribution in [0.25, 0.3) is 10.9 Å². The van der Waals surface area contributed by atoms with E-state index >= 15 is 0 Å². The lowest BCUT2D eigenvalue weighted by Gasteiger charge is -2.04. The number of H-pyrrole nitrogens is 1. The molecule has 0 bridgehead atoms. The molecular formula is C13H13N5OS. The monoisotopic (exact) mass is 287 g/mol. The van der Waals surface area contributed by atoms with Crippen molar-refractivity contribution in [1.82, 2.24) is 15.7 Å². The van der Waals surface area contributed by atoms with Gasteiger partial charge in [0.2, 0.25) is 0 Å². The smallest absolute Gasteiger partial charge is 0.268 e. The highest BCUT2D eigenvalue weighted by Gasteiger charge is 2.24. The summed E-state index contributed by atoms with van der Waals surface area (Å²) in [6.07, 6.45) is 0.607. The molecule has 0 saturated carbocycles. The van der Waals surface area contributed by atoms with Gasteiger partial charge in [0.05, 0.1) is 5.71 Å². The third-order valence-electron chi connectivity index (χ3n) is 3.17. The molecule has 7 heteroatoms. The molecule has 6 nitrogen and oxygen atoms in total. The highest BCUT2D eigenvalue weighted by Crippen LogP contribution is 2.25. The summed E-state index contributed by atoms with van der Waals surface area (Å²) in [5.41, 5.74) is 11.0. The van der Waals surface area contributed by atoms with E-state index in [-0.39, 0.29) is 11.0 Å². The highest BCUT2D eigenvalue weighted by atomic mass is 32.1. The van der Waals surface area contributed by atoms with Crippen molar-refractivity contribution in [2.45, 2.75) is 6.42 Å². The number of amides is 1. The molecule has 0 aliphatic carbocycles. The molecular weight excluding hydrogens is 274 g/mol. The van der Waals surface area contributed by atoms with E-state index in [1.54, 1.807) is 0 Å². The summed E-state index contributed by atoms with van der Waals surface area (Å²) in [5.74, 6) is -0.128. The maximum atomic E-state index is 12.1. The van der Waals surface area contributed by atoms with Crippen molar-refractivity contribution < 1.29 is 4.79 Å². The van der Waals surface area contributed by atoms with Gasteiger partial charge in [-0.25, -0.2) is 0 Å². The summed E-state index contributed by atoms with van der Waals surface area (Å²) < 4.78 is 0. The van der Waals surface area contributed by atoms with Crippen molar-refractivity contribution >= 4 is 39.9 Å². The van der Waals surface area contributed by atoms with Gasteiger partial charge in [-0.3, -0.25) is 10.2 Å². The fraction of sp³-hybridized carbons (Fsp3) is 0.154. The lowest BCUT2D eigenvalue weighted by Crippen LogP contribution is -2.26. The van der Waals surface area contributed by atoms with Gasteiger partial charge >= 0.3 is 0 Å². The van der Waals surface area contributed by atoms with Crippen LogP contribution in [-0.4, -0.2) is 28.3 Å². The molecule has 3 rings (SSSR count). The zero-order valence-corrected chi connectivity index (χ0v) is 11.4. The number of rotatable bonds is 1. The first-order valence-corrected chi connectivity index (χ1v) is 6.59. The molecule has 1 amide bonds. The maximum absolute atomic E-state index is 12.1. The first kappa shape index (κ1) is 12.6. The van der Waals surface area contributed by atoms with Gasteiger partial charge in [0.25, 0.3) is 5.91 Å². The predicted molar refractivity (Wildman–Crippen MR) is 81.7 cm³/mol. The molecule has 2 aromatic rings. The van der Waals surface area contributed by atoms with E-state index in [4.69, 9.17) is 18.0 Å². The van der Waals surface area contributed by atoms with E-state index < -0.39 is 0 Å². The van der Waals surface area contributed by atoms with Crippen LogP contribution >= 0.6 is 12.2 Å². The molecule has 102 valence electrons. The fourth-order valence-electron chi connectivity index (χ4n) is 2.35. The first-order valence-electron chi connectivity index (χ1n) is 6.18. The van der Waals surface area contributed by atoms with Crippen molar-refractivity contribution in [2.75, 3.05) is 6.54 Å². The molecule has 5 N–H and O–H groups in total. The SMILES string of the molecule is NC(=S)NN=C1CCNC(=O)c2[nH]c3ccccc3c21. The first-order chi connectivity index (χ1) is 9.66. The molecule has 0 saturated heterocycles. The van der Waals surface area contributed by atoms with Crippen LogP contribution < -0.4 is 16.5 Å². The van der Waals surface area contributed by atoms with Gasteiger partial charge in [0.15, 0.2) is 5.11 Å². The number of aromatic amines is 1. The van der Waals surface area contributed by atoms with Gasteiger partial charge in [-0.15, -0.1) is 0 Å². The molecule has 0 spiro atoms. The number of hydrazone groups is 1. The average Bonchev–Trinajstić information content (AvgIpc) is 2.74. The van der Waals surface area contributed by atoms with Crippen LogP contribution in [0.3, 0.4) is 0 Å². The quantitative estimate of drug-likeness (QED) is 0.462. The van der Waals surface area contributed by atoms with Gasteiger partial charge in [0.1, 0.15) is 5.69 Å². The van der Waals surface area contributed by atoms with Crippen molar-refractivity contribution in [3.05, 3.63) is 35.5 Å². The van der Waals surface area contributed by atoms with Crippen molar-refractivity contribution in [2.24, 2.45) is 10.8 Å². The van der Waals surface area contributed by atoms with Crippen molar-refractivity contribution in [3.8, 4) is 0 Å². The van der Waals surface area contributed by atoms with E-state index in [0.29, 0.717) is 18.7 Å². The van der Waals surface area contributed by atoms with Crippen LogP contribution in [0.4, 0.5) is 0 Å². The number of hydrogen-bond donors (Lipinski definition) is 4. The Balaban J connectivity index is 2.21. The molecule has 1 aliphatic heterocycles. The number of carbonyl (C=O) groups is 1. The van der Waals surface area contributed by atoms with Crippen LogP contribution in [0, 0.1) is 0 Å². The Morgan fingerprint density at radius 1 is 1.40 bits per heavy atom. The summed E-state index contributed by atoms with van der Waals surface area (Å²) in [6, 6.07) is 7.73. The number of fused-ring (bicyclic) bond motifs is 3. The largest absolute Gasteiger partial charge is 0.375 e. The third kappa shape index (κ3) is 2.12. The van der Waals surface area contributed by atoms with E-state index in [1.807, 2.05) is 24.3 Å². The Morgan fingerprint density at radius 3 is 3.00 bits per heavy atom. The zero-order chi connectivity index (χ0) is 14.1. The van der Waals surface area contributed by atoms with Crippen LogP contribution in [0.5, 0.6) is 0 Å². The molecule has 1 aromatic heterocycles. The Hall–Kier alpha value is -2.41. The molecule has 0 fully saturated rings. The minimum atomic E-state index is -0.128. The number of para-hydroxylation sites is 1. The zero-order valence-electron chi connectivity index (χ0n) is 10.6. The summed E-state index contributed by atoms with van der Waals surface area (Å²) in [6.45, 7) is 0.521. The second-order valence-electron chi connectivity index (χ2n) is 4.46. The standard InChI is InChI=1S/C13H13N5OS/c14-13(20)18-17-9-5-6-15-12(19)11-10(9)7-3-1-2-4-8(7)16-11/h1-4,16H,5-6H2,(H,15,19)(H3,14,18,20). The van der Waals surface area contributed by atoms with Crippen LogP contribution in [-0.2, 0) is 0 Å². The number of aromatic nitrogens is 1. The van der Waals surface area contributed by atoms with Gasteiger partial charge in [-0.2, -0.15) is 5.10 Å². The number of benzene rings is 1. The predicted octanol–water partition coefficient (Wildman–Crippen LogP) is 0.839. The topological polar surface area (TPSA) is 95.3 Å². The Morgan fingerprint density at radius 2 is 2.20 bits per heavy atom. The molecule has 0 radical (unpaired) electrons. The Kier molecular flexibility index (Phi) is 3.11. The minimum absolute atomic E-state index is 0.0995. The highest BCUT2D eigenvalue weighted by molar-refractivity contribution is 7.80. The Labute approximate surface area is 120 Å². The molecule has 1 aromatic carbocycles. The van der Waals surface area contributed by atoms with Crippen LogP contribution in [0.1, 0.15) is 22.5 Å². The van der Waals surface area contributed by atoms with Crippen LogP contribution in [0.2, 0.25) is 0 Å². The van der Waals surface area contributed by atoms with Gasteiger partial charge in [-0.1, -0.05) is 18.2 Å². The average molecular weight is 287 g/mol. The van der Waals surface area contributed by atoms with E-state index in [1.165, 1.54) is 0 Å². The molecule has 20 heavy (non-hydrogen) atoms. The number of nitrogens with zero attached hydrogens (tertiary/aromatic N) is 1. The molecule has 1 aliphatic rings. The Bertz CT molecular complexity index is 733. The van der Waals surface area contributed by atoms with Crippen molar-refractivity contribution in [3.63, 3.8) is 0 Å². The molecule has 0 atom stereocenters. The number of carbonyl (C=O) groups excluding carboxylic acids is 1. The summed E-state index contributed by atoms with van der Waals surface area (Å²) in [4.78, 5) is 15.2. The summed E-state index contributed by atoms with van der Waals surface area (Å²) in [7, 11) is 0. The fourth-order valence-corrected chi connectivity index (χ4v) is 2.40. The van der Waals surface area contributed by atoms with E-state index in [9.17, 15) is 4.79 Å². The molecule has 2 heterocycles. The number of thiocarbonyl (C=S) groups is 1. The van der Waals surface area contributed by atoms with Gasteiger partial charge in [0, 0.05) is 29.4 Å². The minimum Gasteiger partial charge on any atom is -0.375 e. The third-order valence-corrected chi connectivity index (χ3v) is 3.26.